The van der Waals surface area contributed by atoms with Gasteiger partial charge in [-0.3, -0.25) is 4.79 Å². The van der Waals surface area contributed by atoms with Crippen molar-refractivity contribution in [3.05, 3.63) is 100.0 Å². The van der Waals surface area contributed by atoms with Gasteiger partial charge in [-0.1, -0.05) is 42.5 Å². The van der Waals surface area contributed by atoms with Crippen LogP contribution in [0.1, 0.15) is 16.7 Å². The number of nitrogens with zero attached hydrogens (tertiary/aromatic N) is 2. The third-order valence-corrected chi connectivity index (χ3v) is 3.68. The van der Waals surface area contributed by atoms with Crippen LogP contribution in [0, 0.1) is 11.3 Å². The molecular formula is C20H16N2O2. The van der Waals surface area contributed by atoms with Crippen LogP contribution < -0.4 is 10.3 Å². The Hall–Kier alpha value is -3.32. The van der Waals surface area contributed by atoms with Crippen LogP contribution >= 0.6 is 0 Å². The van der Waals surface area contributed by atoms with E-state index in [1.165, 1.54) is 0 Å². The normalized spacial score (nSPS) is 10.1. The molecule has 0 radical (unpaired) electrons. The molecule has 2 aromatic carbocycles. The van der Waals surface area contributed by atoms with Crippen molar-refractivity contribution in [2.75, 3.05) is 0 Å². The first-order valence-electron chi connectivity index (χ1n) is 7.61. The minimum atomic E-state index is -0.0157. The lowest BCUT2D eigenvalue weighted by Crippen LogP contribution is -2.18. The van der Waals surface area contributed by atoms with Gasteiger partial charge in [0.1, 0.15) is 18.4 Å². The molecule has 0 bridgehead atoms. The van der Waals surface area contributed by atoms with E-state index in [2.05, 4.69) is 6.07 Å². The molecule has 0 saturated carbocycles. The van der Waals surface area contributed by atoms with E-state index < -0.39 is 0 Å². The molecule has 1 aromatic heterocycles. The molecule has 0 N–H and O–H groups in total. The summed E-state index contributed by atoms with van der Waals surface area (Å²) in [5, 5.41) is 9.06. The highest BCUT2D eigenvalue weighted by Crippen LogP contribution is 2.18. The van der Waals surface area contributed by atoms with Gasteiger partial charge >= 0.3 is 0 Å². The molecule has 0 saturated heterocycles. The van der Waals surface area contributed by atoms with Gasteiger partial charge in [-0.25, -0.2) is 0 Å². The molecule has 118 valence electrons. The highest BCUT2D eigenvalue weighted by atomic mass is 16.5. The summed E-state index contributed by atoms with van der Waals surface area (Å²) in [5.41, 5.74) is 2.56. The minimum absolute atomic E-state index is 0.0157. The van der Waals surface area contributed by atoms with Crippen molar-refractivity contribution in [2.45, 2.75) is 13.2 Å². The Labute approximate surface area is 140 Å². The Morgan fingerprint density at radius 3 is 2.38 bits per heavy atom. The van der Waals surface area contributed by atoms with Gasteiger partial charge in [0.25, 0.3) is 5.56 Å². The Bertz CT molecular complexity index is 921. The number of nitriles is 1. The largest absolute Gasteiger partial charge is 0.488 e. The lowest BCUT2D eigenvalue weighted by Gasteiger charge is -2.09. The summed E-state index contributed by atoms with van der Waals surface area (Å²) in [6, 6.07) is 22.3. The van der Waals surface area contributed by atoms with Crippen LogP contribution in [0.15, 0.2) is 77.7 Å². The van der Waals surface area contributed by atoms with E-state index >= 15 is 0 Å². The quantitative estimate of drug-likeness (QED) is 0.725. The summed E-state index contributed by atoms with van der Waals surface area (Å²) in [5.74, 6) is 0.583. The Morgan fingerprint density at radius 1 is 0.917 bits per heavy atom. The number of ether oxygens (including phenoxy) is 1. The molecule has 1 heterocycles. The summed E-state index contributed by atoms with van der Waals surface area (Å²) in [6.07, 6.45) is 1.78. The molecule has 0 spiro atoms. The van der Waals surface area contributed by atoms with Crippen LogP contribution in [0.4, 0.5) is 0 Å². The second kappa shape index (κ2) is 7.30. The fourth-order valence-corrected chi connectivity index (χ4v) is 2.37. The standard InChI is InChI=1S/C20H16N2O2/c21-13-18-5-1-2-6-19(18)24-15-17-10-8-16(9-11-17)14-22-12-4-3-7-20(22)23/h1-12H,14-15H2. The summed E-state index contributed by atoms with van der Waals surface area (Å²) >= 11 is 0. The summed E-state index contributed by atoms with van der Waals surface area (Å²) in [7, 11) is 0. The summed E-state index contributed by atoms with van der Waals surface area (Å²) < 4.78 is 7.38. The van der Waals surface area contributed by atoms with Gasteiger partial charge in [0.2, 0.25) is 0 Å². The molecule has 0 aliphatic heterocycles. The summed E-state index contributed by atoms with van der Waals surface area (Å²) in [4.78, 5) is 11.7. The topological polar surface area (TPSA) is 55.0 Å². The Kier molecular flexibility index (Phi) is 4.73. The van der Waals surface area contributed by atoms with Crippen molar-refractivity contribution in [2.24, 2.45) is 0 Å². The van der Waals surface area contributed by atoms with Crippen molar-refractivity contribution in [3.63, 3.8) is 0 Å². The molecule has 4 nitrogen and oxygen atoms in total. The van der Waals surface area contributed by atoms with Gasteiger partial charge in [-0.05, 0) is 29.3 Å². The van der Waals surface area contributed by atoms with Crippen LogP contribution in [0.5, 0.6) is 5.75 Å². The maximum Gasteiger partial charge on any atom is 0.250 e. The average Bonchev–Trinajstić information content (AvgIpc) is 2.63. The van der Waals surface area contributed by atoms with E-state index in [1.54, 1.807) is 35.0 Å². The number of rotatable bonds is 5. The zero-order valence-electron chi connectivity index (χ0n) is 13.1. The zero-order chi connectivity index (χ0) is 16.8. The van der Waals surface area contributed by atoms with Crippen LogP contribution in [0.3, 0.4) is 0 Å². The fourth-order valence-electron chi connectivity index (χ4n) is 2.37. The molecule has 0 aliphatic carbocycles. The zero-order valence-corrected chi connectivity index (χ0v) is 13.1. The average molecular weight is 316 g/mol. The van der Waals surface area contributed by atoms with E-state index in [0.29, 0.717) is 24.5 Å². The second-order valence-electron chi connectivity index (χ2n) is 5.38. The van der Waals surface area contributed by atoms with Crippen molar-refractivity contribution < 1.29 is 4.74 Å². The van der Waals surface area contributed by atoms with E-state index in [-0.39, 0.29) is 5.56 Å². The molecule has 3 aromatic rings. The molecule has 3 rings (SSSR count). The first-order chi connectivity index (χ1) is 11.8. The van der Waals surface area contributed by atoms with Crippen LogP contribution in [-0.2, 0) is 13.2 Å². The van der Waals surface area contributed by atoms with E-state index in [1.807, 2.05) is 42.5 Å². The number of hydrogen-bond donors (Lipinski definition) is 0. The molecule has 0 atom stereocenters. The second-order valence-corrected chi connectivity index (χ2v) is 5.38. The third kappa shape index (κ3) is 3.71. The molecule has 24 heavy (non-hydrogen) atoms. The van der Waals surface area contributed by atoms with Crippen molar-refractivity contribution >= 4 is 0 Å². The van der Waals surface area contributed by atoms with Gasteiger partial charge in [0, 0.05) is 12.3 Å². The van der Waals surface area contributed by atoms with Crippen LogP contribution in [-0.4, -0.2) is 4.57 Å². The van der Waals surface area contributed by atoms with E-state index in [9.17, 15) is 4.79 Å². The minimum Gasteiger partial charge on any atom is -0.488 e. The number of para-hydroxylation sites is 1. The molecule has 0 fully saturated rings. The lowest BCUT2D eigenvalue weighted by atomic mass is 10.1. The number of aromatic nitrogens is 1. The van der Waals surface area contributed by atoms with Crippen LogP contribution in [0.2, 0.25) is 0 Å². The molecule has 0 amide bonds. The van der Waals surface area contributed by atoms with Crippen LogP contribution in [0.25, 0.3) is 0 Å². The predicted molar refractivity (Wildman–Crippen MR) is 91.7 cm³/mol. The maximum atomic E-state index is 11.7. The maximum absolute atomic E-state index is 11.7. The molecular weight excluding hydrogens is 300 g/mol. The fraction of sp³-hybridized carbons (Fsp3) is 0.100. The number of pyridine rings is 1. The highest BCUT2D eigenvalue weighted by molar-refractivity contribution is 5.42. The third-order valence-electron chi connectivity index (χ3n) is 3.68. The number of hydrogen-bond acceptors (Lipinski definition) is 3. The monoisotopic (exact) mass is 316 g/mol. The van der Waals surface area contributed by atoms with Gasteiger partial charge in [0.05, 0.1) is 12.1 Å². The first-order valence-corrected chi connectivity index (χ1v) is 7.61. The summed E-state index contributed by atoms with van der Waals surface area (Å²) in [6.45, 7) is 0.933. The van der Waals surface area contributed by atoms with Crippen molar-refractivity contribution in [3.8, 4) is 11.8 Å². The molecule has 0 aliphatic rings. The first kappa shape index (κ1) is 15.6. The SMILES string of the molecule is N#Cc1ccccc1OCc1ccc(Cn2ccccc2=O)cc1. The smallest absolute Gasteiger partial charge is 0.250 e. The Balaban J connectivity index is 1.66. The van der Waals surface area contributed by atoms with Gasteiger partial charge in [-0.15, -0.1) is 0 Å². The van der Waals surface area contributed by atoms with Crippen molar-refractivity contribution in [1.82, 2.24) is 4.57 Å². The lowest BCUT2D eigenvalue weighted by molar-refractivity contribution is 0.305. The molecule has 4 heteroatoms. The van der Waals surface area contributed by atoms with Gasteiger partial charge in [0.15, 0.2) is 0 Å². The Morgan fingerprint density at radius 2 is 1.62 bits per heavy atom. The highest BCUT2D eigenvalue weighted by Gasteiger charge is 2.03. The molecule has 0 unspecified atom stereocenters. The van der Waals surface area contributed by atoms with E-state index in [0.717, 1.165) is 11.1 Å². The van der Waals surface area contributed by atoms with E-state index in [4.69, 9.17) is 10.00 Å². The van der Waals surface area contributed by atoms with Gasteiger partial charge in [-0.2, -0.15) is 5.26 Å². The predicted octanol–water partition coefficient (Wildman–Crippen LogP) is 3.35. The van der Waals surface area contributed by atoms with Crippen molar-refractivity contribution in [1.29, 1.82) is 5.26 Å². The van der Waals surface area contributed by atoms with Gasteiger partial charge < -0.3 is 9.30 Å². The number of benzene rings is 2.